The van der Waals surface area contributed by atoms with Crippen molar-refractivity contribution in [2.45, 2.75) is 6.61 Å². The van der Waals surface area contributed by atoms with Crippen LogP contribution in [-0.2, 0) is 16.1 Å². The fraction of sp³-hybridized carbons (Fsp3) is 0.150. The number of benzene rings is 2. The Balaban J connectivity index is 2.16. The minimum absolute atomic E-state index is 0.0816. The van der Waals surface area contributed by atoms with Crippen LogP contribution < -0.4 is 9.47 Å². The zero-order valence-electron chi connectivity index (χ0n) is 14.5. The van der Waals surface area contributed by atoms with E-state index >= 15 is 0 Å². The molecule has 0 aromatic heterocycles. The summed E-state index contributed by atoms with van der Waals surface area (Å²) in [6.07, 6.45) is 4.29. The van der Waals surface area contributed by atoms with Gasteiger partial charge in [0.25, 0.3) is 0 Å². The van der Waals surface area contributed by atoms with Crippen LogP contribution in [0.3, 0.4) is 0 Å². The molecule has 27 heavy (non-hydrogen) atoms. The Hall–Kier alpha value is -2.50. The summed E-state index contributed by atoms with van der Waals surface area (Å²) in [5.74, 6) is -0.246. The second kappa shape index (κ2) is 10.00. The number of hydrogen-bond donors (Lipinski definition) is 0. The SMILES string of the molecule is C=CCOC(=O)/C=C/c1cc(Cl)c(OCc2ccc(F)cc2Cl)c(OC)c1. The molecular weight excluding hydrogens is 394 g/mol. The van der Waals surface area contributed by atoms with Gasteiger partial charge in [-0.25, -0.2) is 9.18 Å². The van der Waals surface area contributed by atoms with Gasteiger partial charge in [-0.05, 0) is 35.9 Å². The van der Waals surface area contributed by atoms with Crippen molar-refractivity contribution in [2.75, 3.05) is 13.7 Å². The third-order valence-corrected chi connectivity index (χ3v) is 4.03. The van der Waals surface area contributed by atoms with Crippen molar-refractivity contribution in [1.82, 2.24) is 0 Å². The van der Waals surface area contributed by atoms with Crippen molar-refractivity contribution < 1.29 is 23.4 Å². The second-order valence-electron chi connectivity index (χ2n) is 5.31. The second-order valence-corrected chi connectivity index (χ2v) is 6.12. The van der Waals surface area contributed by atoms with Crippen LogP contribution >= 0.6 is 23.2 Å². The molecule has 0 amide bonds. The number of carbonyl (C=O) groups excluding carboxylic acids is 1. The summed E-state index contributed by atoms with van der Waals surface area (Å²) in [4.78, 5) is 11.5. The molecule has 0 aliphatic heterocycles. The van der Waals surface area contributed by atoms with Crippen molar-refractivity contribution >= 4 is 35.2 Å². The lowest BCUT2D eigenvalue weighted by molar-refractivity contribution is -0.136. The molecule has 2 rings (SSSR count). The first-order valence-corrected chi connectivity index (χ1v) is 8.60. The molecule has 142 valence electrons. The number of ether oxygens (including phenoxy) is 3. The van der Waals surface area contributed by atoms with E-state index in [1.807, 2.05) is 0 Å². The number of esters is 1. The quantitative estimate of drug-likeness (QED) is 0.329. The van der Waals surface area contributed by atoms with Crippen LogP contribution in [0.5, 0.6) is 11.5 Å². The number of rotatable bonds is 8. The monoisotopic (exact) mass is 410 g/mol. The van der Waals surface area contributed by atoms with Crippen molar-refractivity contribution in [3.05, 3.63) is 76.1 Å². The average molecular weight is 411 g/mol. The summed E-state index contributed by atoms with van der Waals surface area (Å²) in [5, 5.41) is 0.536. The lowest BCUT2D eigenvalue weighted by atomic mass is 10.2. The summed E-state index contributed by atoms with van der Waals surface area (Å²) in [6.45, 7) is 3.68. The highest BCUT2D eigenvalue weighted by atomic mass is 35.5. The van der Waals surface area contributed by atoms with Crippen molar-refractivity contribution in [3.8, 4) is 11.5 Å². The predicted molar refractivity (Wildman–Crippen MR) is 104 cm³/mol. The average Bonchev–Trinajstić information content (AvgIpc) is 2.64. The van der Waals surface area contributed by atoms with E-state index in [0.29, 0.717) is 22.6 Å². The van der Waals surface area contributed by atoms with Gasteiger partial charge in [-0.3, -0.25) is 0 Å². The van der Waals surface area contributed by atoms with Crippen molar-refractivity contribution in [3.63, 3.8) is 0 Å². The molecule has 7 heteroatoms. The summed E-state index contributed by atoms with van der Waals surface area (Å²) in [6, 6.07) is 7.30. The van der Waals surface area contributed by atoms with E-state index < -0.39 is 11.8 Å². The molecule has 2 aromatic rings. The Morgan fingerprint density at radius 3 is 2.67 bits per heavy atom. The summed E-state index contributed by atoms with van der Waals surface area (Å²) >= 11 is 12.3. The Morgan fingerprint density at radius 2 is 2.00 bits per heavy atom. The minimum atomic E-state index is -0.503. The minimum Gasteiger partial charge on any atom is -0.493 e. The summed E-state index contributed by atoms with van der Waals surface area (Å²) in [5.41, 5.74) is 1.23. The first-order valence-electron chi connectivity index (χ1n) is 7.84. The number of carbonyl (C=O) groups is 1. The Bertz CT molecular complexity index is 865. The van der Waals surface area contributed by atoms with E-state index in [2.05, 4.69) is 6.58 Å². The van der Waals surface area contributed by atoms with Gasteiger partial charge < -0.3 is 14.2 Å². The predicted octanol–water partition coefficient (Wildman–Crippen LogP) is 5.46. The van der Waals surface area contributed by atoms with E-state index in [1.165, 1.54) is 37.5 Å². The van der Waals surface area contributed by atoms with Gasteiger partial charge in [0.2, 0.25) is 0 Å². The maximum Gasteiger partial charge on any atom is 0.331 e. The molecule has 0 spiro atoms. The molecule has 0 fully saturated rings. The van der Waals surface area contributed by atoms with E-state index in [1.54, 1.807) is 18.2 Å². The fourth-order valence-corrected chi connectivity index (χ4v) is 2.61. The van der Waals surface area contributed by atoms with Gasteiger partial charge in [-0.1, -0.05) is 41.9 Å². The third-order valence-electron chi connectivity index (χ3n) is 3.39. The van der Waals surface area contributed by atoms with Gasteiger partial charge in [-0.2, -0.15) is 0 Å². The standard InChI is InChI=1S/C20H17Cl2FO4/c1-3-8-26-19(24)7-4-13-9-17(22)20(18(10-13)25-2)27-12-14-5-6-15(23)11-16(14)21/h3-7,9-11H,1,8,12H2,2H3/b7-4+. The molecule has 0 radical (unpaired) electrons. The zero-order chi connectivity index (χ0) is 19.8. The van der Waals surface area contributed by atoms with E-state index in [9.17, 15) is 9.18 Å². The Morgan fingerprint density at radius 1 is 1.22 bits per heavy atom. The first-order chi connectivity index (χ1) is 12.9. The maximum atomic E-state index is 13.1. The van der Waals surface area contributed by atoms with Crippen molar-refractivity contribution in [1.29, 1.82) is 0 Å². The smallest absolute Gasteiger partial charge is 0.331 e. The van der Waals surface area contributed by atoms with Crippen LogP contribution in [-0.4, -0.2) is 19.7 Å². The molecule has 0 N–H and O–H groups in total. The normalized spacial score (nSPS) is 10.7. The maximum absolute atomic E-state index is 13.1. The largest absolute Gasteiger partial charge is 0.493 e. The molecule has 0 saturated carbocycles. The number of methoxy groups -OCH3 is 1. The van der Waals surface area contributed by atoms with Crippen molar-refractivity contribution in [2.24, 2.45) is 0 Å². The van der Waals surface area contributed by atoms with Crippen LogP contribution in [0.25, 0.3) is 6.08 Å². The van der Waals surface area contributed by atoms with Gasteiger partial charge in [0.15, 0.2) is 11.5 Å². The molecule has 0 heterocycles. The van der Waals surface area contributed by atoms with Crippen LogP contribution in [0.15, 0.2) is 49.1 Å². The molecule has 0 atom stereocenters. The van der Waals surface area contributed by atoms with Gasteiger partial charge in [0, 0.05) is 11.6 Å². The topological polar surface area (TPSA) is 44.8 Å². The molecule has 0 unspecified atom stereocenters. The fourth-order valence-electron chi connectivity index (χ4n) is 2.12. The molecule has 0 aliphatic rings. The molecule has 2 aromatic carbocycles. The molecule has 4 nitrogen and oxygen atoms in total. The molecule has 0 saturated heterocycles. The Kier molecular flexibility index (Phi) is 7.70. The number of hydrogen-bond acceptors (Lipinski definition) is 4. The molecule has 0 bridgehead atoms. The van der Waals surface area contributed by atoms with Crippen LogP contribution in [0.4, 0.5) is 4.39 Å². The molecule has 0 aliphatic carbocycles. The first kappa shape index (κ1) is 20.8. The van der Waals surface area contributed by atoms with Gasteiger partial charge in [0.05, 0.1) is 17.2 Å². The Labute approximate surface area is 166 Å². The molecular formula is C20H17Cl2FO4. The van der Waals surface area contributed by atoms with Gasteiger partial charge in [0.1, 0.15) is 19.0 Å². The van der Waals surface area contributed by atoms with E-state index in [0.717, 1.165) is 0 Å². The number of halogens is 3. The highest BCUT2D eigenvalue weighted by molar-refractivity contribution is 6.32. The highest BCUT2D eigenvalue weighted by Gasteiger charge is 2.13. The lowest BCUT2D eigenvalue weighted by Crippen LogP contribution is -2.00. The highest BCUT2D eigenvalue weighted by Crippen LogP contribution is 2.37. The van der Waals surface area contributed by atoms with Gasteiger partial charge in [-0.15, -0.1) is 0 Å². The van der Waals surface area contributed by atoms with E-state index in [-0.39, 0.29) is 23.3 Å². The summed E-state index contributed by atoms with van der Waals surface area (Å²) in [7, 11) is 1.47. The third kappa shape index (κ3) is 6.01. The lowest BCUT2D eigenvalue weighted by Gasteiger charge is -2.14. The van der Waals surface area contributed by atoms with Crippen LogP contribution in [0.1, 0.15) is 11.1 Å². The van der Waals surface area contributed by atoms with Crippen LogP contribution in [0.2, 0.25) is 10.0 Å². The summed E-state index contributed by atoms with van der Waals surface area (Å²) < 4.78 is 29.0. The van der Waals surface area contributed by atoms with Crippen LogP contribution in [0, 0.1) is 5.82 Å². The van der Waals surface area contributed by atoms with Gasteiger partial charge >= 0.3 is 5.97 Å². The zero-order valence-corrected chi connectivity index (χ0v) is 16.0. The van der Waals surface area contributed by atoms with E-state index in [4.69, 9.17) is 37.4 Å².